The summed E-state index contributed by atoms with van der Waals surface area (Å²) < 4.78 is 5.41. The van der Waals surface area contributed by atoms with Crippen LogP contribution in [0.15, 0.2) is 18.2 Å². The molecule has 1 aromatic carbocycles. The van der Waals surface area contributed by atoms with Crippen molar-refractivity contribution in [1.82, 2.24) is 0 Å². The second-order valence-corrected chi connectivity index (χ2v) is 5.14. The van der Waals surface area contributed by atoms with Crippen molar-refractivity contribution < 1.29 is 9.53 Å². The minimum atomic E-state index is -0.467. The molecule has 0 saturated carbocycles. The van der Waals surface area contributed by atoms with Crippen molar-refractivity contribution in [3.05, 3.63) is 23.8 Å². The molecule has 0 heterocycles. The Morgan fingerprint density at radius 2 is 2.11 bits per heavy atom. The molecule has 4 nitrogen and oxygen atoms in total. The maximum absolute atomic E-state index is 11.9. The summed E-state index contributed by atoms with van der Waals surface area (Å²) in [6.07, 6.45) is 0.682. The number of aryl methyl sites for hydroxylation is 1. The first-order chi connectivity index (χ1) is 8.93. The van der Waals surface area contributed by atoms with Gasteiger partial charge in [0.15, 0.2) is 0 Å². The average molecular weight is 264 g/mol. The Kier molecular flexibility index (Phi) is 5.83. The summed E-state index contributed by atoms with van der Waals surface area (Å²) in [6.45, 7) is 8.61. The van der Waals surface area contributed by atoms with Crippen LogP contribution < -0.4 is 15.8 Å². The van der Waals surface area contributed by atoms with Crippen LogP contribution in [-0.4, -0.2) is 18.6 Å². The maximum atomic E-state index is 11.9. The fourth-order valence-electron chi connectivity index (χ4n) is 1.87. The standard InChI is InChI=1S/C15H24N2O2/c1-5-19-12-6-7-14(11(4)9-12)17-15(18)13(16)8-10(2)3/h6-7,9-10,13H,5,8,16H2,1-4H3,(H,17,18). The topological polar surface area (TPSA) is 64.3 Å². The second-order valence-electron chi connectivity index (χ2n) is 5.14. The molecule has 0 aliphatic heterocycles. The van der Waals surface area contributed by atoms with Crippen LogP contribution in [0.2, 0.25) is 0 Å². The normalized spacial score (nSPS) is 12.3. The van der Waals surface area contributed by atoms with E-state index in [2.05, 4.69) is 19.2 Å². The number of nitrogens with one attached hydrogen (secondary N) is 1. The number of rotatable bonds is 6. The van der Waals surface area contributed by atoms with Gasteiger partial charge in [-0.05, 0) is 49.9 Å². The van der Waals surface area contributed by atoms with Crippen LogP contribution in [0.1, 0.15) is 32.8 Å². The monoisotopic (exact) mass is 264 g/mol. The molecule has 0 bridgehead atoms. The lowest BCUT2D eigenvalue weighted by Gasteiger charge is -2.16. The SMILES string of the molecule is CCOc1ccc(NC(=O)C(N)CC(C)C)c(C)c1. The van der Waals surface area contributed by atoms with E-state index in [4.69, 9.17) is 10.5 Å². The first-order valence-corrected chi connectivity index (χ1v) is 6.74. The highest BCUT2D eigenvalue weighted by Gasteiger charge is 2.15. The van der Waals surface area contributed by atoms with Crippen molar-refractivity contribution >= 4 is 11.6 Å². The zero-order valence-corrected chi connectivity index (χ0v) is 12.2. The zero-order valence-electron chi connectivity index (χ0n) is 12.2. The molecule has 19 heavy (non-hydrogen) atoms. The molecular formula is C15H24N2O2. The predicted molar refractivity (Wildman–Crippen MR) is 78.4 cm³/mol. The number of amides is 1. The number of hydrogen-bond donors (Lipinski definition) is 2. The molecule has 0 aliphatic carbocycles. The van der Waals surface area contributed by atoms with Gasteiger partial charge in [-0.15, -0.1) is 0 Å². The number of ether oxygens (including phenoxy) is 1. The van der Waals surface area contributed by atoms with E-state index in [0.717, 1.165) is 17.0 Å². The van der Waals surface area contributed by atoms with Gasteiger partial charge in [-0.2, -0.15) is 0 Å². The number of hydrogen-bond acceptors (Lipinski definition) is 3. The van der Waals surface area contributed by atoms with Crippen LogP contribution in [0.25, 0.3) is 0 Å². The van der Waals surface area contributed by atoms with E-state index >= 15 is 0 Å². The Balaban J connectivity index is 2.69. The summed E-state index contributed by atoms with van der Waals surface area (Å²) in [5, 5.41) is 2.87. The third-order valence-corrected chi connectivity index (χ3v) is 2.83. The molecule has 0 aliphatic rings. The van der Waals surface area contributed by atoms with E-state index in [-0.39, 0.29) is 5.91 Å². The minimum Gasteiger partial charge on any atom is -0.494 e. The second kappa shape index (κ2) is 7.14. The number of nitrogens with two attached hydrogens (primary N) is 1. The molecule has 0 radical (unpaired) electrons. The van der Waals surface area contributed by atoms with Crippen LogP contribution in [0, 0.1) is 12.8 Å². The summed E-state index contributed by atoms with van der Waals surface area (Å²) in [7, 11) is 0. The van der Waals surface area contributed by atoms with Crippen molar-refractivity contribution in [1.29, 1.82) is 0 Å². The van der Waals surface area contributed by atoms with E-state index in [1.165, 1.54) is 0 Å². The van der Waals surface area contributed by atoms with Gasteiger partial charge in [-0.3, -0.25) is 4.79 Å². The summed E-state index contributed by atoms with van der Waals surface area (Å²) in [5.74, 6) is 1.08. The number of anilines is 1. The van der Waals surface area contributed by atoms with Crippen molar-refractivity contribution in [2.75, 3.05) is 11.9 Å². The summed E-state index contributed by atoms with van der Waals surface area (Å²) >= 11 is 0. The smallest absolute Gasteiger partial charge is 0.241 e. The Morgan fingerprint density at radius 1 is 1.42 bits per heavy atom. The Bertz CT molecular complexity index is 430. The van der Waals surface area contributed by atoms with E-state index < -0.39 is 6.04 Å². The van der Waals surface area contributed by atoms with Gasteiger partial charge in [0.25, 0.3) is 0 Å². The molecule has 4 heteroatoms. The van der Waals surface area contributed by atoms with Crippen LogP contribution in [0.3, 0.4) is 0 Å². The van der Waals surface area contributed by atoms with Gasteiger partial charge in [-0.1, -0.05) is 13.8 Å². The third-order valence-electron chi connectivity index (χ3n) is 2.83. The molecular weight excluding hydrogens is 240 g/mol. The van der Waals surface area contributed by atoms with Crippen molar-refractivity contribution in [3.8, 4) is 5.75 Å². The zero-order chi connectivity index (χ0) is 14.4. The average Bonchev–Trinajstić information content (AvgIpc) is 2.32. The fraction of sp³-hybridized carbons (Fsp3) is 0.533. The lowest BCUT2D eigenvalue weighted by molar-refractivity contribution is -0.117. The Hall–Kier alpha value is -1.55. The first kappa shape index (κ1) is 15.5. The molecule has 0 aromatic heterocycles. The fourth-order valence-corrected chi connectivity index (χ4v) is 1.87. The van der Waals surface area contributed by atoms with Crippen LogP contribution in [0.4, 0.5) is 5.69 Å². The molecule has 1 rings (SSSR count). The molecule has 1 amide bonds. The van der Waals surface area contributed by atoms with Gasteiger partial charge >= 0.3 is 0 Å². The van der Waals surface area contributed by atoms with Gasteiger partial charge in [0.1, 0.15) is 5.75 Å². The van der Waals surface area contributed by atoms with Gasteiger partial charge in [0.2, 0.25) is 5.91 Å². The maximum Gasteiger partial charge on any atom is 0.241 e. The number of benzene rings is 1. The van der Waals surface area contributed by atoms with Crippen molar-refractivity contribution in [2.24, 2.45) is 11.7 Å². The molecule has 106 valence electrons. The van der Waals surface area contributed by atoms with E-state index in [1.807, 2.05) is 32.0 Å². The van der Waals surface area contributed by atoms with Crippen LogP contribution >= 0.6 is 0 Å². The van der Waals surface area contributed by atoms with Gasteiger partial charge in [-0.25, -0.2) is 0 Å². The minimum absolute atomic E-state index is 0.138. The lowest BCUT2D eigenvalue weighted by Crippen LogP contribution is -2.36. The van der Waals surface area contributed by atoms with Gasteiger partial charge in [0, 0.05) is 5.69 Å². The van der Waals surface area contributed by atoms with Gasteiger partial charge in [0.05, 0.1) is 12.6 Å². The third kappa shape index (κ3) is 4.91. The molecule has 0 fully saturated rings. The number of carbonyl (C=O) groups is 1. The molecule has 1 unspecified atom stereocenters. The highest BCUT2D eigenvalue weighted by atomic mass is 16.5. The Morgan fingerprint density at radius 3 is 2.63 bits per heavy atom. The lowest BCUT2D eigenvalue weighted by atomic mass is 10.0. The van der Waals surface area contributed by atoms with E-state index in [9.17, 15) is 4.79 Å². The van der Waals surface area contributed by atoms with E-state index in [1.54, 1.807) is 0 Å². The molecule has 1 aromatic rings. The van der Waals surface area contributed by atoms with E-state index in [0.29, 0.717) is 18.9 Å². The number of carbonyl (C=O) groups excluding carboxylic acids is 1. The highest BCUT2D eigenvalue weighted by molar-refractivity contribution is 5.95. The predicted octanol–water partition coefficient (Wildman–Crippen LogP) is 2.71. The highest BCUT2D eigenvalue weighted by Crippen LogP contribution is 2.21. The largest absolute Gasteiger partial charge is 0.494 e. The van der Waals surface area contributed by atoms with Crippen LogP contribution in [-0.2, 0) is 4.79 Å². The summed E-state index contributed by atoms with van der Waals surface area (Å²) in [4.78, 5) is 11.9. The molecule has 0 saturated heterocycles. The summed E-state index contributed by atoms with van der Waals surface area (Å²) in [5.41, 5.74) is 7.61. The Labute approximate surface area is 115 Å². The summed E-state index contributed by atoms with van der Waals surface area (Å²) in [6, 6.07) is 5.14. The van der Waals surface area contributed by atoms with Gasteiger partial charge < -0.3 is 15.8 Å². The van der Waals surface area contributed by atoms with Crippen molar-refractivity contribution in [2.45, 2.75) is 40.2 Å². The molecule has 3 N–H and O–H groups in total. The first-order valence-electron chi connectivity index (χ1n) is 6.74. The molecule has 1 atom stereocenters. The van der Waals surface area contributed by atoms with Crippen LogP contribution in [0.5, 0.6) is 5.75 Å². The van der Waals surface area contributed by atoms with Crippen molar-refractivity contribution in [3.63, 3.8) is 0 Å². The quantitative estimate of drug-likeness (QED) is 0.830. The molecule has 0 spiro atoms.